The van der Waals surface area contributed by atoms with E-state index in [0.717, 1.165) is 25.0 Å². The van der Waals surface area contributed by atoms with Gasteiger partial charge < -0.3 is 4.98 Å². The van der Waals surface area contributed by atoms with Gasteiger partial charge in [0.05, 0.1) is 16.7 Å². The standard InChI is InChI=1S/C17H18F2N4OS/c1-3-5-11-13(4-2)25-17(22-11)23-16(24)9-6-7-10-12(8-9)21-15(20-10)14(18)19/h6-8,14H,3-5H2,1-2H3,(H,20,21)(H,22,23,24). The second-order valence-electron chi connectivity index (χ2n) is 5.60. The summed E-state index contributed by atoms with van der Waals surface area (Å²) in [6.07, 6.45) is 0.0721. The first-order chi connectivity index (χ1) is 12.0. The predicted octanol–water partition coefficient (Wildman–Crippen LogP) is 4.72. The number of halogens is 2. The van der Waals surface area contributed by atoms with Gasteiger partial charge in [-0.3, -0.25) is 10.1 Å². The van der Waals surface area contributed by atoms with Crippen molar-refractivity contribution in [3.63, 3.8) is 0 Å². The number of rotatable bonds is 6. The van der Waals surface area contributed by atoms with Crippen molar-refractivity contribution in [3.8, 4) is 0 Å². The molecule has 5 nitrogen and oxygen atoms in total. The quantitative estimate of drug-likeness (QED) is 0.665. The zero-order valence-electron chi connectivity index (χ0n) is 13.9. The van der Waals surface area contributed by atoms with E-state index >= 15 is 0 Å². The Morgan fingerprint density at radius 3 is 2.80 bits per heavy atom. The van der Waals surface area contributed by atoms with Crippen LogP contribution in [0, 0.1) is 0 Å². The van der Waals surface area contributed by atoms with E-state index in [9.17, 15) is 13.6 Å². The maximum absolute atomic E-state index is 12.7. The maximum atomic E-state index is 12.7. The van der Waals surface area contributed by atoms with Gasteiger partial charge in [-0.1, -0.05) is 20.3 Å². The molecular weight excluding hydrogens is 346 g/mol. The summed E-state index contributed by atoms with van der Waals surface area (Å²) < 4.78 is 25.4. The average molecular weight is 364 g/mol. The van der Waals surface area contributed by atoms with Gasteiger partial charge in [-0.25, -0.2) is 18.7 Å². The lowest BCUT2D eigenvalue weighted by molar-refractivity contribution is 0.102. The SMILES string of the molecule is CCCc1nc(NC(=O)c2ccc3nc(C(F)F)[nH]c3c2)sc1CC. The molecule has 0 atom stereocenters. The van der Waals surface area contributed by atoms with Crippen molar-refractivity contribution in [3.05, 3.63) is 40.2 Å². The van der Waals surface area contributed by atoms with Crippen molar-refractivity contribution in [1.82, 2.24) is 15.0 Å². The first-order valence-electron chi connectivity index (χ1n) is 8.09. The molecule has 0 bridgehead atoms. The first kappa shape index (κ1) is 17.5. The molecule has 0 radical (unpaired) electrons. The highest BCUT2D eigenvalue weighted by Gasteiger charge is 2.16. The number of alkyl halides is 2. The highest BCUT2D eigenvalue weighted by atomic mass is 32.1. The van der Waals surface area contributed by atoms with Crippen molar-refractivity contribution in [2.45, 2.75) is 39.5 Å². The van der Waals surface area contributed by atoms with Crippen LogP contribution in [0.4, 0.5) is 13.9 Å². The van der Waals surface area contributed by atoms with Gasteiger partial charge in [0.15, 0.2) is 11.0 Å². The average Bonchev–Trinajstić information content (AvgIpc) is 3.18. The monoisotopic (exact) mass is 364 g/mol. The minimum Gasteiger partial charge on any atom is -0.337 e. The zero-order valence-corrected chi connectivity index (χ0v) is 14.7. The lowest BCUT2D eigenvalue weighted by Gasteiger charge is -2.01. The number of aromatic amines is 1. The molecule has 0 saturated heterocycles. The Morgan fingerprint density at radius 2 is 2.12 bits per heavy atom. The summed E-state index contributed by atoms with van der Waals surface area (Å²) in [7, 11) is 0. The normalized spacial score (nSPS) is 11.4. The molecule has 2 aromatic heterocycles. The molecule has 8 heteroatoms. The third-order valence-corrected chi connectivity index (χ3v) is 4.93. The van der Waals surface area contributed by atoms with Crippen LogP contribution in [0.3, 0.4) is 0 Å². The van der Waals surface area contributed by atoms with Crippen LogP contribution in [0.1, 0.15) is 53.4 Å². The van der Waals surface area contributed by atoms with Crippen molar-refractivity contribution >= 4 is 33.4 Å². The summed E-state index contributed by atoms with van der Waals surface area (Å²) in [5, 5.41) is 3.35. The lowest BCUT2D eigenvalue weighted by Crippen LogP contribution is -2.11. The van der Waals surface area contributed by atoms with E-state index in [0.29, 0.717) is 21.7 Å². The molecular formula is C17H18F2N4OS. The van der Waals surface area contributed by atoms with E-state index in [1.165, 1.54) is 22.3 Å². The minimum atomic E-state index is -2.68. The number of hydrogen-bond donors (Lipinski definition) is 2. The smallest absolute Gasteiger partial charge is 0.295 e. The molecule has 0 fully saturated rings. The van der Waals surface area contributed by atoms with Crippen LogP contribution < -0.4 is 5.32 Å². The molecule has 0 spiro atoms. The summed E-state index contributed by atoms with van der Waals surface area (Å²) >= 11 is 1.47. The van der Waals surface area contributed by atoms with E-state index < -0.39 is 12.2 Å². The van der Waals surface area contributed by atoms with Crippen LogP contribution in [-0.4, -0.2) is 20.9 Å². The largest absolute Gasteiger partial charge is 0.337 e. The number of hydrogen-bond acceptors (Lipinski definition) is 4. The summed E-state index contributed by atoms with van der Waals surface area (Å²) in [5.41, 5.74) is 2.20. The van der Waals surface area contributed by atoms with Gasteiger partial charge in [0.25, 0.3) is 12.3 Å². The van der Waals surface area contributed by atoms with E-state index in [-0.39, 0.29) is 5.91 Å². The van der Waals surface area contributed by atoms with Crippen molar-refractivity contribution < 1.29 is 13.6 Å². The number of anilines is 1. The molecule has 0 aliphatic carbocycles. The molecule has 3 aromatic rings. The van der Waals surface area contributed by atoms with Crippen LogP contribution in [0.5, 0.6) is 0 Å². The molecule has 0 unspecified atom stereocenters. The molecule has 2 N–H and O–H groups in total. The Hall–Kier alpha value is -2.35. The highest BCUT2D eigenvalue weighted by molar-refractivity contribution is 7.15. The maximum Gasteiger partial charge on any atom is 0.295 e. The van der Waals surface area contributed by atoms with Gasteiger partial charge in [-0.2, -0.15) is 0 Å². The Morgan fingerprint density at radius 1 is 1.32 bits per heavy atom. The molecule has 25 heavy (non-hydrogen) atoms. The summed E-state index contributed by atoms with van der Waals surface area (Å²) in [4.78, 5) is 24.4. The van der Waals surface area contributed by atoms with E-state index in [4.69, 9.17) is 0 Å². The summed E-state index contributed by atoms with van der Waals surface area (Å²) in [6, 6.07) is 4.63. The number of benzene rings is 1. The Kier molecular flexibility index (Phi) is 5.08. The fraction of sp³-hybridized carbons (Fsp3) is 0.353. The molecule has 0 aliphatic heterocycles. The molecule has 1 amide bonds. The van der Waals surface area contributed by atoms with Gasteiger partial charge in [0.2, 0.25) is 0 Å². The number of H-pyrrole nitrogens is 1. The number of nitrogens with zero attached hydrogens (tertiary/aromatic N) is 2. The molecule has 3 rings (SSSR count). The fourth-order valence-corrected chi connectivity index (χ4v) is 3.53. The number of carbonyl (C=O) groups is 1. The minimum absolute atomic E-state index is 0.324. The molecule has 0 aliphatic rings. The predicted molar refractivity (Wildman–Crippen MR) is 94.5 cm³/mol. The van der Waals surface area contributed by atoms with Crippen LogP contribution >= 0.6 is 11.3 Å². The number of nitrogens with one attached hydrogen (secondary N) is 2. The number of imidazole rings is 1. The molecule has 0 saturated carbocycles. The van der Waals surface area contributed by atoms with Gasteiger partial charge >= 0.3 is 0 Å². The van der Waals surface area contributed by atoms with Crippen LogP contribution in [0.15, 0.2) is 18.2 Å². The van der Waals surface area contributed by atoms with Crippen LogP contribution in [-0.2, 0) is 12.8 Å². The van der Waals surface area contributed by atoms with E-state index in [1.807, 2.05) is 0 Å². The van der Waals surface area contributed by atoms with Crippen LogP contribution in [0.25, 0.3) is 11.0 Å². The van der Waals surface area contributed by atoms with Crippen molar-refractivity contribution in [2.24, 2.45) is 0 Å². The van der Waals surface area contributed by atoms with Gasteiger partial charge in [0.1, 0.15) is 0 Å². The number of fused-ring (bicyclic) bond motifs is 1. The number of amides is 1. The molecule has 132 valence electrons. The number of carbonyl (C=O) groups excluding carboxylic acids is 1. The Bertz CT molecular complexity index is 903. The van der Waals surface area contributed by atoms with Gasteiger partial charge in [0, 0.05) is 10.4 Å². The number of aryl methyl sites for hydroxylation is 2. The zero-order chi connectivity index (χ0) is 18.0. The van der Waals surface area contributed by atoms with Crippen molar-refractivity contribution in [2.75, 3.05) is 5.32 Å². The molecule has 1 aromatic carbocycles. The first-order valence-corrected chi connectivity index (χ1v) is 8.91. The summed E-state index contributed by atoms with van der Waals surface area (Å²) in [5.74, 6) is -0.723. The Labute approximate surface area is 147 Å². The number of thiazole rings is 1. The van der Waals surface area contributed by atoms with E-state index in [2.05, 4.69) is 34.1 Å². The second-order valence-corrected chi connectivity index (χ2v) is 6.68. The third-order valence-electron chi connectivity index (χ3n) is 3.78. The topological polar surface area (TPSA) is 70.7 Å². The van der Waals surface area contributed by atoms with Gasteiger partial charge in [-0.15, -0.1) is 11.3 Å². The lowest BCUT2D eigenvalue weighted by atomic mass is 10.2. The summed E-state index contributed by atoms with van der Waals surface area (Å²) in [6.45, 7) is 4.15. The Balaban J connectivity index is 1.82. The third kappa shape index (κ3) is 3.68. The highest BCUT2D eigenvalue weighted by Crippen LogP contribution is 2.26. The van der Waals surface area contributed by atoms with E-state index in [1.54, 1.807) is 12.1 Å². The van der Waals surface area contributed by atoms with Crippen molar-refractivity contribution in [1.29, 1.82) is 0 Å². The molecule has 2 heterocycles. The van der Waals surface area contributed by atoms with Gasteiger partial charge in [-0.05, 0) is 31.0 Å². The van der Waals surface area contributed by atoms with Crippen LogP contribution in [0.2, 0.25) is 0 Å². The fourth-order valence-electron chi connectivity index (χ4n) is 2.59. The number of aromatic nitrogens is 3. The second kappa shape index (κ2) is 7.26.